The van der Waals surface area contributed by atoms with Gasteiger partial charge < -0.3 is 10.3 Å². The van der Waals surface area contributed by atoms with Gasteiger partial charge in [-0.3, -0.25) is 0 Å². The van der Waals surface area contributed by atoms with Crippen LogP contribution in [0.25, 0.3) is 11.6 Å². The summed E-state index contributed by atoms with van der Waals surface area (Å²) in [4.78, 5) is 12.3. The van der Waals surface area contributed by atoms with E-state index in [1.54, 1.807) is 12.1 Å². The minimum atomic E-state index is 0.232. The lowest BCUT2D eigenvalue weighted by Gasteiger charge is -1.99. The lowest BCUT2D eigenvalue weighted by Crippen LogP contribution is -1.96. The third kappa shape index (κ3) is 2.96. The topological polar surface area (TPSA) is 90.7 Å². The summed E-state index contributed by atoms with van der Waals surface area (Å²) in [5.41, 5.74) is 7.00. The minimum Gasteiger partial charge on any atom is -0.382 e. The molecule has 0 aliphatic carbocycles. The molecule has 0 amide bonds. The Morgan fingerprint density at radius 1 is 1.10 bits per heavy atom. The molecule has 0 radical (unpaired) electrons. The Balaban J connectivity index is 1.85. The molecule has 1 aromatic carbocycles. The highest BCUT2D eigenvalue weighted by atomic mass is 35.5. The van der Waals surface area contributed by atoms with Crippen molar-refractivity contribution in [2.75, 3.05) is 5.73 Å². The fourth-order valence-electron chi connectivity index (χ4n) is 1.77. The first-order chi connectivity index (χ1) is 10.1. The summed E-state index contributed by atoms with van der Waals surface area (Å²) in [6, 6.07) is 5.33. The van der Waals surface area contributed by atoms with Crippen molar-refractivity contribution < 1.29 is 4.52 Å². The predicted molar refractivity (Wildman–Crippen MR) is 79.0 cm³/mol. The number of halogens is 2. The van der Waals surface area contributed by atoms with Gasteiger partial charge in [-0.25, -0.2) is 9.97 Å². The number of benzene rings is 1. The van der Waals surface area contributed by atoms with Gasteiger partial charge in [0.25, 0.3) is 5.89 Å². The molecule has 3 aromatic rings. The van der Waals surface area contributed by atoms with E-state index in [1.165, 1.54) is 12.4 Å². The third-order valence-corrected chi connectivity index (χ3v) is 3.48. The molecule has 0 aliphatic heterocycles. The Labute approximate surface area is 129 Å². The molecule has 3 rings (SSSR count). The van der Waals surface area contributed by atoms with E-state index in [1.807, 2.05) is 6.07 Å². The maximum absolute atomic E-state index is 5.97. The fraction of sp³-hybridized carbons (Fsp3) is 0.0769. The Bertz CT molecular complexity index is 790. The van der Waals surface area contributed by atoms with Crippen molar-refractivity contribution in [2.45, 2.75) is 6.42 Å². The van der Waals surface area contributed by atoms with E-state index in [0.717, 1.165) is 5.56 Å². The molecule has 0 unspecified atom stereocenters. The second kappa shape index (κ2) is 5.67. The van der Waals surface area contributed by atoms with Crippen LogP contribution < -0.4 is 5.73 Å². The van der Waals surface area contributed by atoms with Crippen LogP contribution in [-0.2, 0) is 6.42 Å². The largest absolute Gasteiger partial charge is 0.382 e. The number of nitrogen functional groups attached to an aromatic ring is 1. The van der Waals surface area contributed by atoms with Crippen LogP contribution in [0.1, 0.15) is 11.4 Å². The summed E-state index contributed by atoms with van der Waals surface area (Å²) >= 11 is 11.8. The average Bonchev–Trinajstić information content (AvgIpc) is 2.92. The monoisotopic (exact) mass is 321 g/mol. The molecule has 0 fully saturated rings. The molecule has 2 heterocycles. The van der Waals surface area contributed by atoms with Crippen LogP contribution >= 0.6 is 23.2 Å². The highest BCUT2D eigenvalue weighted by Crippen LogP contribution is 2.24. The first-order valence-electron chi connectivity index (χ1n) is 5.97. The Morgan fingerprint density at radius 3 is 2.67 bits per heavy atom. The summed E-state index contributed by atoms with van der Waals surface area (Å²) in [7, 11) is 0. The van der Waals surface area contributed by atoms with Gasteiger partial charge in [0.15, 0.2) is 17.3 Å². The van der Waals surface area contributed by atoms with Crippen LogP contribution in [0.3, 0.4) is 0 Å². The first-order valence-corrected chi connectivity index (χ1v) is 6.72. The van der Waals surface area contributed by atoms with Gasteiger partial charge in [-0.2, -0.15) is 4.98 Å². The number of rotatable bonds is 3. The molecular formula is C13H9Cl2N5O. The third-order valence-electron chi connectivity index (χ3n) is 2.74. The van der Waals surface area contributed by atoms with Gasteiger partial charge in [0.1, 0.15) is 0 Å². The van der Waals surface area contributed by atoms with Crippen LogP contribution in [0.15, 0.2) is 35.1 Å². The molecule has 0 atom stereocenters. The number of nitrogens with two attached hydrogens (primary N) is 1. The van der Waals surface area contributed by atoms with Crippen molar-refractivity contribution >= 4 is 29.0 Å². The van der Waals surface area contributed by atoms with Crippen molar-refractivity contribution in [3.63, 3.8) is 0 Å². The van der Waals surface area contributed by atoms with E-state index in [0.29, 0.717) is 28.0 Å². The molecule has 2 aromatic heterocycles. The van der Waals surface area contributed by atoms with Gasteiger partial charge in [0, 0.05) is 18.8 Å². The zero-order valence-electron chi connectivity index (χ0n) is 10.6. The van der Waals surface area contributed by atoms with Crippen molar-refractivity contribution in [3.8, 4) is 11.6 Å². The van der Waals surface area contributed by atoms with E-state index in [2.05, 4.69) is 20.1 Å². The number of hydrogen-bond acceptors (Lipinski definition) is 6. The predicted octanol–water partition coefficient (Wildman–Crippen LogP) is 3.01. The van der Waals surface area contributed by atoms with Crippen molar-refractivity contribution in [1.82, 2.24) is 20.1 Å². The smallest absolute Gasteiger partial charge is 0.280 e. The summed E-state index contributed by atoms with van der Waals surface area (Å²) in [5.74, 6) is 0.964. The lowest BCUT2D eigenvalue weighted by molar-refractivity contribution is 0.422. The maximum Gasteiger partial charge on any atom is 0.280 e. The lowest BCUT2D eigenvalue weighted by atomic mass is 10.1. The molecule has 8 heteroatoms. The van der Waals surface area contributed by atoms with Crippen LogP contribution in [0, 0.1) is 0 Å². The second-order valence-electron chi connectivity index (χ2n) is 4.23. The summed E-state index contributed by atoms with van der Waals surface area (Å²) in [6.45, 7) is 0. The normalized spacial score (nSPS) is 10.8. The molecule has 106 valence electrons. The van der Waals surface area contributed by atoms with E-state index < -0.39 is 0 Å². The van der Waals surface area contributed by atoms with E-state index in [4.69, 9.17) is 33.5 Å². The SMILES string of the molecule is Nc1nccnc1-c1nc(Cc2ccc(Cl)c(Cl)c2)no1. The van der Waals surface area contributed by atoms with Crippen molar-refractivity contribution in [3.05, 3.63) is 52.0 Å². The van der Waals surface area contributed by atoms with Crippen molar-refractivity contribution in [1.29, 1.82) is 0 Å². The second-order valence-corrected chi connectivity index (χ2v) is 5.05. The molecule has 0 saturated carbocycles. The summed E-state index contributed by atoms with van der Waals surface area (Å²) in [6.07, 6.45) is 3.46. The zero-order valence-corrected chi connectivity index (χ0v) is 12.1. The van der Waals surface area contributed by atoms with Gasteiger partial charge in [-0.1, -0.05) is 34.4 Å². The van der Waals surface area contributed by atoms with Gasteiger partial charge in [-0.05, 0) is 17.7 Å². The molecule has 0 aliphatic rings. The molecule has 0 spiro atoms. The number of hydrogen-bond donors (Lipinski definition) is 1. The van der Waals surface area contributed by atoms with Gasteiger partial charge in [0.2, 0.25) is 0 Å². The molecular weight excluding hydrogens is 313 g/mol. The highest BCUT2D eigenvalue weighted by molar-refractivity contribution is 6.42. The van der Waals surface area contributed by atoms with E-state index in [-0.39, 0.29) is 11.7 Å². The average molecular weight is 322 g/mol. The van der Waals surface area contributed by atoms with E-state index >= 15 is 0 Å². The van der Waals surface area contributed by atoms with Gasteiger partial charge >= 0.3 is 0 Å². The molecule has 0 bridgehead atoms. The molecule has 0 saturated heterocycles. The number of anilines is 1. The fourth-order valence-corrected chi connectivity index (χ4v) is 2.09. The van der Waals surface area contributed by atoms with Gasteiger partial charge in [0.05, 0.1) is 10.0 Å². The van der Waals surface area contributed by atoms with Crippen LogP contribution in [0.4, 0.5) is 5.82 Å². The van der Waals surface area contributed by atoms with Crippen LogP contribution in [0.5, 0.6) is 0 Å². The highest BCUT2D eigenvalue weighted by Gasteiger charge is 2.14. The number of nitrogens with zero attached hydrogens (tertiary/aromatic N) is 4. The Hall–Kier alpha value is -2.18. The maximum atomic E-state index is 5.97. The van der Waals surface area contributed by atoms with Gasteiger partial charge in [-0.15, -0.1) is 0 Å². The Morgan fingerprint density at radius 2 is 1.90 bits per heavy atom. The van der Waals surface area contributed by atoms with Crippen LogP contribution in [0.2, 0.25) is 10.0 Å². The summed E-state index contributed by atoms with van der Waals surface area (Å²) < 4.78 is 5.16. The quantitative estimate of drug-likeness (QED) is 0.797. The van der Waals surface area contributed by atoms with Crippen LogP contribution in [-0.4, -0.2) is 20.1 Å². The molecule has 21 heavy (non-hydrogen) atoms. The standard InChI is InChI=1S/C13H9Cl2N5O/c14-8-2-1-7(5-9(8)15)6-10-19-13(21-20-10)11-12(16)18-4-3-17-11/h1-5H,6H2,(H2,16,18). The first kappa shape index (κ1) is 13.8. The summed E-state index contributed by atoms with van der Waals surface area (Å²) in [5, 5.41) is 4.88. The molecule has 6 nitrogen and oxygen atoms in total. The number of aromatic nitrogens is 4. The van der Waals surface area contributed by atoms with E-state index in [9.17, 15) is 0 Å². The molecule has 2 N–H and O–H groups in total. The zero-order chi connectivity index (χ0) is 14.8. The van der Waals surface area contributed by atoms with Crippen molar-refractivity contribution in [2.24, 2.45) is 0 Å². The minimum absolute atomic E-state index is 0.232. The Kier molecular flexibility index (Phi) is 3.72.